The minimum absolute atomic E-state index is 0.0515. The molecule has 1 aromatic carbocycles. The van der Waals surface area contributed by atoms with Crippen LogP contribution in [0.3, 0.4) is 0 Å². The van der Waals surface area contributed by atoms with Crippen LogP contribution in [0.15, 0.2) is 32.9 Å². The van der Waals surface area contributed by atoms with Gasteiger partial charge in [0.15, 0.2) is 16.3 Å². The van der Waals surface area contributed by atoms with Gasteiger partial charge in [0.05, 0.1) is 5.75 Å². The molecule has 0 aliphatic carbocycles. The van der Waals surface area contributed by atoms with Crippen LogP contribution in [0.25, 0.3) is 11.2 Å². The summed E-state index contributed by atoms with van der Waals surface area (Å²) in [4.78, 5) is 53.0. The lowest BCUT2D eigenvalue weighted by Crippen LogP contribution is -2.37. The number of benzene rings is 1. The van der Waals surface area contributed by atoms with Crippen LogP contribution in [0.1, 0.15) is 18.9 Å². The molecular weight excluding hydrogens is 420 g/mol. The van der Waals surface area contributed by atoms with E-state index in [4.69, 9.17) is 0 Å². The minimum atomic E-state index is -0.463. The van der Waals surface area contributed by atoms with Crippen molar-refractivity contribution in [3.05, 3.63) is 44.6 Å². The third kappa shape index (κ3) is 4.41. The number of aromatic nitrogens is 4. The Balaban J connectivity index is 1.76. The zero-order chi connectivity index (χ0) is 22.9. The van der Waals surface area contributed by atoms with Gasteiger partial charge in [-0.25, -0.2) is 9.78 Å². The second kappa shape index (κ2) is 8.80. The van der Waals surface area contributed by atoms with E-state index in [1.54, 1.807) is 37.7 Å². The number of aryl methyl sites for hydroxylation is 3. The van der Waals surface area contributed by atoms with Crippen LogP contribution in [0.5, 0.6) is 0 Å². The summed E-state index contributed by atoms with van der Waals surface area (Å²) in [5.41, 5.74) is 1.76. The van der Waals surface area contributed by atoms with Crippen molar-refractivity contribution in [1.29, 1.82) is 0 Å². The summed E-state index contributed by atoms with van der Waals surface area (Å²) in [5, 5.41) is 6.05. The van der Waals surface area contributed by atoms with E-state index in [0.29, 0.717) is 28.5 Å². The van der Waals surface area contributed by atoms with E-state index in [0.717, 1.165) is 21.9 Å². The molecular formula is C20H24N6O4S. The lowest BCUT2D eigenvalue weighted by Gasteiger charge is -2.11. The van der Waals surface area contributed by atoms with Crippen LogP contribution >= 0.6 is 11.8 Å². The molecule has 2 N–H and O–H groups in total. The first-order chi connectivity index (χ1) is 14.6. The molecule has 0 unspecified atom stereocenters. The summed E-state index contributed by atoms with van der Waals surface area (Å²) in [6, 6.07) is 5.28. The van der Waals surface area contributed by atoms with Gasteiger partial charge in [-0.15, -0.1) is 0 Å². The molecule has 3 rings (SSSR count). The normalized spacial score (nSPS) is 11.0. The first-order valence-electron chi connectivity index (χ1n) is 9.59. The maximum atomic E-state index is 12.5. The molecule has 11 heteroatoms. The highest BCUT2D eigenvalue weighted by molar-refractivity contribution is 7.99. The number of carbonyl (C=O) groups is 2. The van der Waals surface area contributed by atoms with Crippen molar-refractivity contribution < 1.29 is 9.59 Å². The van der Waals surface area contributed by atoms with Gasteiger partial charge in [-0.1, -0.05) is 24.8 Å². The maximum absolute atomic E-state index is 12.5. The maximum Gasteiger partial charge on any atom is 0.332 e. The van der Waals surface area contributed by atoms with Crippen molar-refractivity contribution in [3.8, 4) is 0 Å². The molecule has 0 radical (unpaired) electrons. The summed E-state index contributed by atoms with van der Waals surface area (Å²) in [5.74, 6) is -0.323. The van der Waals surface area contributed by atoms with E-state index < -0.39 is 11.2 Å². The number of thioether (sulfide) groups is 1. The average Bonchev–Trinajstić information content (AvgIpc) is 3.07. The Bertz CT molecular complexity index is 1300. The van der Waals surface area contributed by atoms with Crippen molar-refractivity contribution in [2.24, 2.45) is 21.1 Å². The first kappa shape index (κ1) is 22.3. The monoisotopic (exact) mass is 444 g/mol. The molecule has 0 aliphatic rings. The Morgan fingerprint density at radius 1 is 1.03 bits per heavy atom. The van der Waals surface area contributed by atoms with Crippen LogP contribution in [-0.4, -0.2) is 36.3 Å². The van der Waals surface area contributed by atoms with Crippen LogP contribution in [0, 0.1) is 6.92 Å². The van der Waals surface area contributed by atoms with Crippen LogP contribution < -0.4 is 21.9 Å². The highest BCUT2D eigenvalue weighted by Crippen LogP contribution is 2.23. The highest BCUT2D eigenvalue weighted by Gasteiger charge is 2.18. The fraction of sp³-hybridized carbons (Fsp3) is 0.350. The predicted molar refractivity (Wildman–Crippen MR) is 121 cm³/mol. The third-order valence-electron chi connectivity index (χ3n) is 4.88. The fourth-order valence-corrected chi connectivity index (χ4v) is 3.80. The van der Waals surface area contributed by atoms with Gasteiger partial charge >= 0.3 is 5.69 Å². The summed E-state index contributed by atoms with van der Waals surface area (Å²) >= 11 is 1.16. The zero-order valence-corrected chi connectivity index (χ0v) is 18.8. The van der Waals surface area contributed by atoms with E-state index in [2.05, 4.69) is 15.6 Å². The van der Waals surface area contributed by atoms with Gasteiger partial charge in [0.1, 0.15) is 0 Å². The first-order valence-corrected chi connectivity index (χ1v) is 10.6. The summed E-state index contributed by atoms with van der Waals surface area (Å²) in [6.45, 7) is 3.64. The van der Waals surface area contributed by atoms with Crippen LogP contribution in [0.2, 0.25) is 0 Å². The molecule has 0 bridgehead atoms. The molecule has 0 saturated heterocycles. The Morgan fingerprint density at radius 2 is 1.74 bits per heavy atom. The average molecular weight is 445 g/mol. The number of amides is 2. The van der Waals surface area contributed by atoms with E-state index in [1.165, 1.54) is 11.6 Å². The molecule has 2 heterocycles. The van der Waals surface area contributed by atoms with Crippen molar-refractivity contribution >= 4 is 46.1 Å². The Hall–Kier alpha value is -3.34. The van der Waals surface area contributed by atoms with Crippen LogP contribution in [-0.2, 0) is 30.7 Å². The lowest BCUT2D eigenvalue weighted by atomic mass is 10.1. The molecule has 0 fully saturated rings. The highest BCUT2D eigenvalue weighted by atomic mass is 32.2. The van der Waals surface area contributed by atoms with Crippen molar-refractivity contribution in [2.75, 3.05) is 16.4 Å². The number of hydrogen-bond donors (Lipinski definition) is 2. The Morgan fingerprint density at radius 3 is 2.42 bits per heavy atom. The number of fused-ring (bicyclic) bond motifs is 1. The van der Waals surface area contributed by atoms with Gasteiger partial charge in [0.25, 0.3) is 5.56 Å². The molecule has 0 aliphatic heterocycles. The molecule has 0 saturated carbocycles. The van der Waals surface area contributed by atoms with Crippen molar-refractivity contribution in [2.45, 2.75) is 25.4 Å². The molecule has 3 aromatic rings. The summed E-state index contributed by atoms with van der Waals surface area (Å²) < 4.78 is 3.91. The van der Waals surface area contributed by atoms with Gasteiger partial charge in [-0.05, 0) is 24.6 Å². The predicted octanol–water partition coefficient (Wildman–Crippen LogP) is 1.36. The Kier molecular flexibility index (Phi) is 6.34. The molecule has 2 amide bonds. The number of nitrogens with zero attached hydrogens (tertiary/aromatic N) is 4. The second-order valence-corrected chi connectivity index (χ2v) is 8.04. The SMILES string of the molecule is CCC(=O)Nc1cc(NC(=O)CSc2nc3c(c(=O)n(C)c(=O)n3C)n2C)ccc1C. The molecule has 31 heavy (non-hydrogen) atoms. The molecule has 10 nitrogen and oxygen atoms in total. The fourth-order valence-electron chi connectivity index (χ4n) is 3.03. The smallest absolute Gasteiger partial charge is 0.326 e. The number of carbonyl (C=O) groups excluding carboxylic acids is 2. The van der Waals surface area contributed by atoms with Crippen molar-refractivity contribution in [1.82, 2.24) is 18.7 Å². The van der Waals surface area contributed by atoms with Gasteiger partial charge in [-0.3, -0.25) is 23.5 Å². The van der Waals surface area contributed by atoms with Gasteiger partial charge in [-0.2, -0.15) is 0 Å². The number of nitrogens with one attached hydrogen (secondary N) is 2. The zero-order valence-electron chi connectivity index (χ0n) is 18.0. The molecule has 0 spiro atoms. The third-order valence-corrected chi connectivity index (χ3v) is 5.91. The minimum Gasteiger partial charge on any atom is -0.326 e. The van der Waals surface area contributed by atoms with Gasteiger partial charge in [0, 0.05) is 38.9 Å². The summed E-state index contributed by atoms with van der Waals surface area (Å²) in [7, 11) is 4.63. The number of anilines is 2. The van der Waals surface area contributed by atoms with Crippen molar-refractivity contribution in [3.63, 3.8) is 0 Å². The molecule has 0 atom stereocenters. The second-order valence-electron chi connectivity index (χ2n) is 7.10. The lowest BCUT2D eigenvalue weighted by molar-refractivity contribution is -0.116. The number of rotatable bonds is 6. The van der Waals surface area contributed by atoms with Gasteiger partial charge in [0.2, 0.25) is 11.8 Å². The quantitative estimate of drug-likeness (QED) is 0.554. The van der Waals surface area contributed by atoms with E-state index >= 15 is 0 Å². The van der Waals surface area contributed by atoms with E-state index in [-0.39, 0.29) is 23.2 Å². The number of imidazole rings is 1. The van der Waals surface area contributed by atoms with E-state index in [1.807, 2.05) is 13.0 Å². The van der Waals surface area contributed by atoms with Gasteiger partial charge < -0.3 is 15.2 Å². The molecule has 2 aromatic heterocycles. The Labute approximate surface area is 182 Å². The van der Waals surface area contributed by atoms with Crippen LogP contribution in [0.4, 0.5) is 11.4 Å². The summed E-state index contributed by atoms with van der Waals surface area (Å²) in [6.07, 6.45) is 0.361. The topological polar surface area (TPSA) is 120 Å². The van der Waals surface area contributed by atoms with E-state index in [9.17, 15) is 19.2 Å². The largest absolute Gasteiger partial charge is 0.332 e. The number of hydrogen-bond acceptors (Lipinski definition) is 6. The molecule has 164 valence electrons. The standard InChI is InChI=1S/C20H24N6O4S/c1-6-14(27)22-13-9-12(8-7-11(13)2)21-15(28)10-31-19-23-17-16(24(19)3)18(29)26(5)20(30)25(17)4/h7-9H,6,10H2,1-5H3,(H,21,28)(H,22,27).